The Morgan fingerprint density at radius 1 is 0.833 bits per heavy atom. The van der Waals surface area contributed by atoms with Gasteiger partial charge in [0.2, 0.25) is 16.8 Å². The first-order valence-corrected chi connectivity index (χ1v) is 13.1. The van der Waals surface area contributed by atoms with Crippen LogP contribution in [0.1, 0.15) is 33.4 Å². The van der Waals surface area contributed by atoms with Gasteiger partial charge in [-0.15, -0.1) is 0 Å². The zero-order valence-electron chi connectivity index (χ0n) is 20.7. The van der Waals surface area contributed by atoms with Crippen LogP contribution in [0.4, 0.5) is 0 Å². The summed E-state index contributed by atoms with van der Waals surface area (Å²) in [4.78, 5) is 16.2. The molecule has 0 amide bonds. The molecular formula is C28H28N2O5S. The highest BCUT2D eigenvalue weighted by molar-refractivity contribution is 7.89. The minimum absolute atomic E-state index is 0.0666. The van der Waals surface area contributed by atoms with Crippen LogP contribution in [-0.4, -0.2) is 24.5 Å². The molecule has 5 rings (SSSR count). The average Bonchev–Trinajstić information content (AvgIpc) is 3.26. The minimum Gasteiger partial charge on any atom is -0.454 e. The van der Waals surface area contributed by atoms with E-state index in [1.54, 1.807) is 32.0 Å². The Balaban J connectivity index is 1.60. The number of hydrogen-bond donors (Lipinski definition) is 1. The molecule has 4 aromatic rings. The van der Waals surface area contributed by atoms with Crippen LogP contribution in [0.2, 0.25) is 0 Å². The van der Waals surface area contributed by atoms with Gasteiger partial charge in [0.05, 0.1) is 4.90 Å². The Hall–Kier alpha value is -3.62. The summed E-state index contributed by atoms with van der Waals surface area (Å²) in [5, 5.41) is 0.846. The van der Waals surface area contributed by atoms with Gasteiger partial charge in [0, 0.05) is 24.2 Å². The van der Waals surface area contributed by atoms with Crippen LogP contribution < -0.4 is 15.0 Å². The summed E-state index contributed by atoms with van der Waals surface area (Å²) >= 11 is 0. The number of hydrogen-bond acceptors (Lipinski definition) is 5. The number of nitrogens with one attached hydrogen (secondary N) is 1. The van der Waals surface area contributed by atoms with Gasteiger partial charge in [-0.1, -0.05) is 35.9 Å². The first-order chi connectivity index (χ1) is 17.1. The summed E-state index contributed by atoms with van der Waals surface area (Å²) < 4.78 is 40.5. The first kappa shape index (κ1) is 24.1. The lowest BCUT2D eigenvalue weighted by Crippen LogP contribution is -2.33. The van der Waals surface area contributed by atoms with Crippen LogP contribution in [-0.2, 0) is 23.1 Å². The number of aromatic amines is 1. The average molecular weight is 505 g/mol. The molecule has 0 aliphatic carbocycles. The maximum absolute atomic E-state index is 14.1. The van der Waals surface area contributed by atoms with Crippen molar-refractivity contribution < 1.29 is 17.9 Å². The molecule has 186 valence electrons. The maximum atomic E-state index is 14.1. The highest BCUT2D eigenvalue weighted by Gasteiger charge is 2.29. The van der Waals surface area contributed by atoms with Crippen molar-refractivity contribution in [2.75, 3.05) is 6.79 Å². The molecule has 1 N–H and O–H groups in total. The molecule has 0 unspecified atom stereocenters. The van der Waals surface area contributed by atoms with Crippen LogP contribution in [0.15, 0.2) is 64.3 Å². The van der Waals surface area contributed by atoms with Crippen molar-refractivity contribution in [3.8, 4) is 11.5 Å². The van der Waals surface area contributed by atoms with Crippen molar-refractivity contribution >= 4 is 20.9 Å². The number of aromatic nitrogens is 1. The number of fused-ring (bicyclic) bond motifs is 2. The van der Waals surface area contributed by atoms with Gasteiger partial charge in [-0.2, -0.15) is 4.31 Å². The van der Waals surface area contributed by atoms with Crippen molar-refractivity contribution in [3.05, 3.63) is 98.3 Å². The Bertz CT molecular complexity index is 1630. The molecule has 1 aromatic heterocycles. The molecule has 8 heteroatoms. The number of pyridine rings is 1. The van der Waals surface area contributed by atoms with Gasteiger partial charge in [-0.3, -0.25) is 4.79 Å². The third-order valence-electron chi connectivity index (χ3n) is 6.42. The second-order valence-electron chi connectivity index (χ2n) is 9.40. The molecule has 7 nitrogen and oxygen atoms in total. The van der Waals surface area contributed by atoms with E-state index in [2.05, 4.69) is 4.98 Å². The zero-order chi connectivity index (χ0) is 25.6. The summed E-state index contributed by atoms with van der Waals surface area (Å²) in [6, 6.07) is 16.7. The minimum atomic E-state index is -3.96. The van der Waals surface area contributed by atoms with E-state index in [0.29, 0.717) is 28.2 Å². The van der Waals surface area contributed by atoms with Crippen LogP contribution in [0, 0.1) is 27.7 Å². The molecule has 36 heavy (non-hydrogen) atoms. The smallest absolute Gasteiger partial charge is 0.252 e. The van der Waals surface area contributed by atoms with Crippen LogP contribution >= 0.6 is 0 Å². The second-order valence-corrected chi connectivity index (χ2v) is 11.3. The van der Waals surface area contributed by atoms with E-state index in [1.807, 2.05) is 50.2 Å². The molecule has 2 heterocycles. The fourth-order valence-corrected chi connectivity index (χ4v) is 6.66. The molecule has 0 bridgehead atoms. The molecule has 0 atom stereocenters. The van der Waals surface area contributed by atoms with Crippen LogP contribution in [0.5, 0.6) is 11.5 Å². The van der Waals surface area contributed by atoms with Crippen molar-refractivity contribution in [1.29, 1.82) is 0 Å². The molecule has 0 radical (unpaired) electrons. The summed E-state index contributed by atoms with van der Waals surface area (Å²) in [6.07, 6.45) is 0. The lowest BCUT2D eigenvalue weighted by molar-refractivity contribution is 0.174. The highest BCUT2D eigenvalue weighted by atomic mass is 32.2. The molecule has 0 saturated heterocycles. The number of nitrogens with zero attached hydrogens (tertiary/aromatic N) is 1. The molecule has 1 aliphatic heterocycles. The van der Waals surface area contributed by atoms with Gasteiger partial charge in [0.15, 0.2) is 11.5 Å². The lowest BCUT2D eigenvalue weighted by atomic mass is 10.1. The third kappa shape index (κ3) is 4.50. The predicted molar refractivity (Wildman–Crippen MR) is 139 cm³/mol. The van der Waals surface area contributed by atoms with Crippen molar-refractivity contribution in [1.82, 2.24) is 9.29 Å². The number of aryl methyl sites for hydroxylation is 4. The van der Waals surface area contributed by atoms with Gasteiger partial charge < -0.3 is 14.5 Å². The van der Waals surface area contributed by atoms with Crippen molar-refractivity contribution in [2.24, 2.45) is 0 Å². The third-order valence-corrected chi connectivity index (χ3v) is 8.52. The standard InChI is InChI=1S/C28H28N2O5S/c1-17-5-7-22-13-23(28(31)29-24(22)11-17)15-30(14-21-6-8-25-26(12-21)35-16-34-25)36(32,33)27-19(3)9-18(2)10-20(27)4/h5-13H,14-16H2,1-4H3,(H,29,31). The van der Waals surface area contributed by atoms with E-state index in [9.17, 15) is 13.2 Å². The summed E-state index contributed by atoms with van der Waals surface area (Å²) in [5.41, 5.74) is 4.89. The van der Waals surface area contributed by atoms with E-state index in [1.165, 1.54) is 4.31 Å². The number of ether oxygens (including phenoxy) is 2. The Morgan fingerprint density at radius 3 is 2.31 bits per heavy atom. The van der Waals surface area contributed by atoms with Gasteiger partial charge in [0.1, 0.15) is 0 Å². The molecule has 0 fully saturated rings. The van der Waals surface area contributed by atoms with Crippen LogP contribution in [0.3, 0.4) is 0 Å². The first-order valence-electron chi connectivity index (χ1n) is 11.7. The highest BCUT2D eigenvalue weighted by Crippen LogP contribution is 2.34. The monoisotopic (exact) mass is 504 g/mol. The fraction of sp³-hybridized carbons (Fsp3) is 0.250. The van der Waals surface area contributed by atoms with E-state index in [4.69, 9.17) is 9.47 Å². The molecule has 3 aromatic carbocycles. The molecule has 0 saturated carbocycles. The van der Waals surface area contributed by atoms with E-state index in [0.717, 1.165) is 27.6 Å². The van der Waals surface area contributed by atoms with E-state index < -0.39 is 10.0 Å². The van der Waals surface area contributed by atoms with Gasteiger partial charge in [-0.05, 0) is 79.6 Å². The summed E-state index contributed by atoms with van der Waals surface area (Å²) in [6.45, 7) is 7.62. The predicted octanol–water partition coefficient (Wildman–Crippen LogP) is 4.88. The number of sulfonamides is 1. The normalized spacial score (nSPS) is 13.0. The Kier molecular flexibility index (Phi) is 6.10. The summed E-state index contributed by atoms with van der Waals surface area (Å²) in [5.74, 6) is 1.20. The number of H-pyrrole nitrogens is 1. The molecule has 1 aliphatic rings. The van der Waals surface area contributed by atoms with Crippen molar-refractivity contribution in [2.45, 2.75) is 45.7 Å². The lowest BCUT2D eigenvalue weighted by Gasteiger charge is -2.25. The fourth-order valence-electron chi connectivity index (χ4n) is 4.84. The SMILES string of the molecule is Cc1cc(C)c(S(=O)(=O)N(Cc2ccc3c(c2)OCO3)Cc2cc3ccc(C)cc3[nH]c2=O)c(C)c1. The number of benzene rings is 3. The Morgan fingerprint density at radius 2 is 1.56 bits per heavy atom. The zero-order valence-corrected chi connectivity index (χ0v) is 21.5. The molecule has 0 spiro atoms. The number of rotatable bonds is 6. The van der Waals surface area contributed by atoms with E-state index in [-0.39, 0.29) is 30.3 Å². The Labute approximate surface area is 210 Å². The van der Waals surface area contributed by atoms with E-state index >= 15 is 0 Å². The molecular weight excluding hydrogens is 476 g/mol. The topological polar surface area (TPSA) is 88.7 Å². The van der Waals surface area contributed by atoms with Gasteiger partial charge >= 0.3 is 0 Å². The summed E-state index contributed by atoms with van der Waals surface area (Å²) in [7, 11) is -3.96. The largest absolute Gasteiger partial charge is 0.454 e. The van der Waals surface area contributed by atoms with Crippen molar-refractivity contribution in [3.63, 3.8) is 0 Å². The van der Waals surface area contributed by atoms with Gasteiger partial charge in [0.25, 0.3) is 5.56 Å². The maximum Gasteiger partial charge on any atom is 0.252 e. The van der Waals surface area contributed by atoms with Gasteiger partial charge in [-0.25, -0.2) is 8.42 Å². The quantitative estimate of drug-likeness (QED) is 0.404. The van der Waals surface area contributed by atoms with Crippen LogP contribution in [0.25, 0.3) is 10.9 Å². The second kappa shape index (κ2) is 9.11.